The maximum Gasteiger partial charge on any atom is 2.00 e. The van der Waals surface area contributed by atoms with E-state index in [9.17, 15) is 0 Å². The molecule has 3 N–H and O–H groups in total. The average molecular weight is 691 g/mol. The van der Waals surface area contributed by atoms with Gasteiger partial charge in [0.1, 0.15) is 34.5 Å². The van der Waals surface area contributed by atoms with Crippen LogP contribution in [-0.2, 0) is 4.79 Å². The number of thiophene rings is 2. The molecule has 0 saturated carbocycles. The molecule has 0 unspecified atom stereocenters. The molecule has 232 valence electrons. The van der Waals surface area contributed by atoms with Crippen LogP contribution in [-0.4, -0.2) is 102 Å². The number of rotatable bonds is 2. The molecule has 6 rings (SSSR count). The van der Waals surface area contributed by atoms with E-state index in [0.717, 1.165) is 62.1 Å². The fraction of sp³-hybridized carbons (Fsp3) is 0.242. The molecule has 2 aliphatic heterocycles. The molecule has 0 bridgehead atoms. The van der Waals surface area contributed by atoms with E-state index in [4.69, 9.17) is 40.4 Å². The maximum absolute atomic E-state index is 8.24. The van der Waals surface area contributed by atoms with Gasteiger partial charge in [-0.3, -0.25) is 0 Å². The van der Waals surface area contributed by atoms with Crippen LogP contribution in [0.5, 0.6) is 23.0 Å². The van der Waals surface area contributed by atoms with Gasteiger partial charge in [-0.15, -0.1) is 34.6 Å². The third-order valence-corrected chi connectivity index (χ3v) is 8.50. The second kappa shape index (κ2) is 20.2. The summed E-state index contributed by atoms with van der Waals surface area (Å²) in [7, 11) is -0.322. The van der Waals surface area contributed by atoms with Crippen LogP contribution in [0, 0.1) is 23.8 Å². The summed E-state index contributed by atoms with van der Waals surface area (Å²) in [5.41, 5.74) is 7.62. The van der Waals surface area contributed by atoms with E-state index >= 15 is 0 Å². The third kappa shape index (κ3) is 11.7. The van der Waals surface area contributed by atoms with Crippen molar-refractivity contribution in [2.24, 2.45) is 0 Å². The minimum Gasteiger partial charge on any atom is -0.870 e. The summed E-state index contributed by atoms with van der Waals surface area (Å²) in [6, 6.07) is 16.3. The van der Waals surface area contributed by atoms with Crippen molar-refractivity contribution in [2.75, 3.05) is 33.5 Å². The van der Waals surface area contributed by atoms with Gasteiger partial charge in [0, 0.05) is 29.0 Å². The van der Waals surface area contributed by atoms with Gasteiger partial charge in [-0.25, -0.2) is 0 Å². The molecule has 45 heavy (non-hydrogen) atoms. The van der Waals surface area contributed by atoms with E-state index in [0.29, 0.717) is 32.9 Å². The number of benzene rings is 2. The first-order valence-electron chi connectivity index (χ1n) is 13.2. The number of aliphatic hydroxyl groups is 1. The van der Waals surface area contributed by atoms with Crippen molar-refractivity contribution >= 4 is 75.0 Å². The van der Waals surface area contributed by atoms with Gasteiger partial charge in [0.05, 0.1) is 9.75 Å². The number of aliphatic hydroxyl groups excluding tert-OH is 2. The second-order valence-electron chi connectivity index (χ2n) is 9.80. The Balaban J connectivity index is 0.000000384. The molecule has 12 heteroatoms. The topological polar surface area (TPSA) is 124 Å². The summed E-state index contributed by atoms with van der Waals surface area (Å²) >= 11 is 3.29. The molecule has 2 aromatic heterocycles. The normalized spacial score (nSPS) is 11.6. The summed E-state index contributed by atoms with van der Waals surface area (Å²) in [6.45, 7) is 9.75. The molecular weight excluding hydrogens is 657 g/mol. The van der Waals surface area contributed by atoms with Crippen LogP contribution in [0.2, 0.25) is 19.6 Å². The number of ether oxygens (including phenoxy) is 4. The molecule has 0 saturated heterocycles. The standard InChI is InChI=1S/C17H18O2SSi.C14H10O2S.CHO2.CH4O.Ca.H2O/c1-21(2,3)11-8-13-4-6-14(7-5-13)17-16-15(12-20-17)18-9-10-19-16;1-2-10-3-5-11(6-4-10)14-13-12(9-17-14)15-7-8-16-13;2-1-3;1-2;;/h4-7,12H,9-10H2,1-3H3;1,3-6,9H,7-8H2;(H,2,3);2H,1H3;;1H2/q;;-1;;+2;/p-1. The fourth-order valence-corrected chi connectivity index (χ4v) is 6.20. The van der Waals surface area contributed by atoms with Crippen LogP contribution in [0.25, 0.3) is 20.9 Å². The van der Waals surface area contributed by atoms with Crippen LogP contribution in [0.3, 0.4) is 0 Å². The molecule has 4 heterocycles. The Kier molecular flexibility index (Phi) is 18.0. The molecule has 0 spiro atoms. The average Bonchev–Trinajstić information content (AvgIpc) is 3.67. The van der Waals surface area contributed by atoms with Crippen LogP contribution in [0.1, 0.15) is 11.1 Å². The Morgan fingerprint density at radius 1 is 0.756 bits per heavy atom. The quantitative estimate of drug-likeness (QED) is 0.144. The molecule has 8 nitrogen and oxygen atoms in total. The molecule has 0 fully saturated rings. The van der Waals surface area contributed by atoms with Crippen LogP contribution < -0.4 is 18.9 Å². The van der Waals surface area contributed by atoms with E-state index < -0.39 is 8.07 Å². The van der Waals surface area contributed by atoms with Gasteiger partial charge in [-0.1, -0.05) is 62.2 Å². The largest absolute Gasteiger partial charge is 2.00 e. The van der Waals surface area contributed by atoms with Crippen molar-refractivity contribution in [1.82, 2.24) is 0 Å². The predicted molar refractivity (Wildman–Crippen MR) is 184 cm³/mol. The van der Waals surface area contributed by atoms with Gasteiger partial charge in [-0.2, -0.15) is 0 Å². The zero-order valence-corrected chi connectivity index (χ0v) is 30.4. The smallest absolute Gasteiger partial charge is 0.870 e. The molecular formula is C33H34CaO8S2Si. The summed E-state index contributed by atoms with van der Waals surface area (Å²) in [5, 5.41) is 17.8. The number of fused-ring (bicyclic) bond motifs is 2. The van der Waals surface area contributed by atoms with Gasteiger partial charge in [0.2, 0.25) is 0 Å². The first-order valence-corrected chi connectivity index (χ1v) is 18.5. The molecule has 0 aliphatic carbocycles. The molecule has 4 aromatic rings. The molecule has 0 radical (unpaired) electrons. The minimum absolute atomic E-state index is 0. The third-order valence-electron chi connectivity index (χ3n) is 5.64. The summed E-state index contributed by atoms with van der Waals surface area (Å²) < 4.78 is 22.5. The van der Waals surface area contributed by atoms with Gasteiger partial charge in [0.25, 0.3) is 0 Å². The summed E-state index contributed by atoms with van der Waals surface area (Å²) in [6.07, 6.45) is 5.34. The van der Waals surface area contributed by atoms with Crippen molar-refractivity contribution in [3.63, 3.8) is 0 Å². The van der Waals surface area contributed by atoms with Crippen molar-refractivity contribution in [3.05, 3.63) is 70.4 Å². The first-order chi connectivity index (χ1) is 20.8. The molecule has 2 aliphatic rings. The van der Waals surface area contributed by atoms with Crippen molar-refractivity contribution in [2.45, 2.75) is 19.6 Å². The number of terminal acetylenes is 1. The molecule has 0 atom stereocenters. The Morgan fingerprint density at radius 2 is 1.13 bits per heavy atom. The Hall–Kier alpha value is -2.97. The maximum atomic E-state index is 8.24. The number of hydrogen-bond acceptors (Lipinski definition) is 9. The van der Waals surface area contributed by atoms with Crippen LogP contribution in [0.15, 0.2) is 59.3 Å². The zero-order valence-electron chi connectivity index (χ0n) is 25.6. The van der Waals surface area contributed by atoms with Crippen molar-refractivity contribution in [1.29, 1.82) is 0 Å². The Morgan fingerprint density at radius 3 is 1.51 bits per heavy atom. The summed E-state index contributed by atoms with van der Waals surface area (Å²) in [4.78, 5) is 10.5. The minimum atomic E-state index is -1.32. The predicted octanol–water partition coefficient (Wildman–Crippen LogP) is 6.25. The van der Waals surface area contributed by atoms with Gasteiger partial charge < -0.3 is 39.4 Å². The van der Waals surface area contributed by atoms with Crippen molar-refractivity contribution in [3.8, 4) is 67.7 Å². The van der Waals surface area contributed by atoms with Crippen LogP contribution >= 0.6 is 22.7 Å². The number of hydrogen-bond donors (Lipinski definition) is 2. The van der Waals surface area contributed by atoms with E-state index in [-0.39, 0.29) is 43.2 Å². The second-order valence-corrected chi connectivity index (χ2v) is 16.3. The van der Waals surface area contributed by atoms with Gasteiger partial charge in [-0.05, 0) is 35.4 Å². The van der Waals surface area contributed by atoms with Crippen molar-refractivity contribution < 1.29 is 39.4 Å². The van der Waals surface area contributed by atoms with E-state index in [1.54, 1.807) is 22.7 Å². The SMILES string of the molecule is C#Cc1ccc(-c2scc3c2OCCO3)cc1.CO.C[Si](C)(C)C#Cc1ccc(-c2scc3c2OCCO3)cc1.O=[C-]O.[Ca+2].[OH-]. The van der Waals surface area contributed by atoms with Crippen LogP contribution in [0.4, 0.5) is 0 Å². The molecule has 0 amide bonds. The zero-order chi connectivity index (χ0) is 31.2. The first kappa shape index (κ1) is 40.1. The Labute approximate surface area is 303 Å². The van der Waals surface area contributed by atoms with E-state index in [2.05, 4.69) is 61.3 Å². The van der Waals surface area contributed by atoms with E-state index in [1.165, 1.54) is 0 Å². The Bertz CT molecular complexity index is 1570. The van der Waals surface area contributed by atoms with Gasteiger partial charge >= 0.3 is 37.7 Å². The fourth-order valence-electron chi connectivity index (χ4n) is 3.81. The monoisotopic (exact) mass is 690 g/mol. The summed E-state index contributed by atoms with van der Waals surface area (Å²) in [5.74, 6) is 9.34. The van der Waals surface area contributed by atoms with Gasteiger partial charge in [0.15, 0.2) is 23.0 Å². The molecule has 2 aromatic carbocycles. The van der Waals surface area contributed by atoms with E-state index in [1.807, 2.05) is 35.0 Å².